The van der Waals surface area contributed by atoms with Crippen molar-refractivity contribution >= 4 is 28.0 Å². The van der Waals surface area contributed by atoms with Crippen LogP contribution in [-0.4, -0.2) is 13.1 Å². The monoisotopic (exact) mass is 286 g/mol. The van der Waals surface area contributed by atoms with E-state index in [0.717, 1.165) is 0 Å². The van der Waals surface area contributed by atoms with Gasteiger partial charge in [-0.05, 0) is 18.6 Å². The van der Waals surface area contributed by atoms with Gasteiger partial charge in [0.2, 0.25) is 0 Å². The highest BCUT2D eigenvalue weighted by atomic mass is 79.9. The van der Waals surface area contributed by atoms with Crippen LogP contribution in [0.2, 0.25) is 0 Å². The van der Waals surface area contributed by atoms with E-state index in [4.69, 9.17) is 0 Å². The Labute approximate surface area is 102 Å². The van der Waals surface area contributed by atoms with E-state index in [2.05, 4.69) is 20.7 Å². The number of carbonyl (C=O) groups excluding carboxylic acids is 1. The Hall–Kier alpha value is -1.16. The Morgan fingerprint density at radius 3 is 2.94 bits per heavy atom. The van der Waals surface area contributed by atoms with Gasteiger partial charge in [-0.3, -0.25) is 4.79 Å². The van der Waals surface area contributed by atoms with Gasteiger partial charge in [0, 0.05) is 16.5 Å². The van der Waals surface area contributed by atoms with Gasteiger partial charge in [0.15, 0.2) is 0 Å². The van der Waals surface area contributed by atoms with Crippen molar-refractivity contribution in [2.24, 2.45) is 0 Å². The summed E-state index contributed by atoms with van der Waals surface area (Å²) in [5.74, 6) is -0.551. The third-order valence-electron chi connectivity index (χ3n) is 2.00. The molecule has 2 nitrogen and oxygen atoms in total. The maximum atomic E-state index is 13.3. The molecule has 0 aliphatic heterocycles. The zero-order valence-corrected chi connectivity index (χ0v) is 10.5. The number of hydrogen-bond acceptors (Lipinski definition) is 2. The summed E-state index contributed by atoms with van der Waals surface area (Å²) in [7, 11) is 1.35. The molecule has 0 N–H and O–H groups in total. The van der Waals surface area contributed by atoms with E-state index in [9.17, 15) is 9.18 Å². The second-order valence-electron chi connectivity index (χ2n) is 3.18. The first kappa shape index (κ1) is 12.9. The van der Waals surface area contributed by atoms with Crippen molar-refractivity contribution in [1.82, 2.24) is 0 Å². The molecule has 1 aromatic rings. The summed E-state index contributed by atoms with van der Waals surface area (Å²) in [4.78, 5) is 10.8. The van der Waals surface area contributed by atoms with Crippen molar-refractivity contribution in [1.29, 1.82) is 0 Å². The number of esters is 1. The first-order valence-electron chi connectivity index (χ1n) is 4.82. The maximum absolute atomic E-state index is 13.3. The quantitative estimate of drug-likeness (QED) is 0.791. The van der Waals surface area contributed by atoms with Crippen molar-refractivity contribution in [3.05, 3.63) is 40.1 Å². The molecule has 0 amide bonds. The molecule has 0 bridgehead atoms. The number of allylic oxidation sites excluding steroid dienone is 1. The van der Waals surface area contributed by atoms with Crippen molar-refractivity contribution in [2.45, 2.75) is 12.8 Å². The molecule has 0 saturated heterocycles. The second-order valence-corrected chi connectivity index (χ2v) is 4.10. The molecule has 0 saturated carbocycles. The Balaban J connectivity index is 2.53. The molecule has 0 heterocycles. The first-order valence-corrected chi connectivity index (χ1v) is 5.61. The largest absolute Gasteiger partial charge is 0.469 e. The molecular weight excluding hydrogens is 275 g/mol. The third kappa shape index (κ3) is 4.14. The molecule has 0 aliphatic rings. The van der Waals surface area contributed by atoms with E-state index in [0.29, 0.717) is 22.9 Å². The van der Waals surface area contributed by atoms with E-state index in [1.165, 1.54) is 13.2 Å². The van der Waals surface area contributed by atoms with Gasteiger partial charge in [-0.1, -0.05) is 34.1 Å². The van der Waals surface area contributed by atoms with Gasteiger partial charge in [0.1, 0.15) is 5.82 Å². The fourth-order valence-corrected chi connectivity index (χ4v) is 1.48. The summed E-state index contributed by atoms with van der Waals surface area (Å²) < 4.78 is 18.5. The molecule has 1 rings (SSSR count). The summed E-state index contributed by atoms with van der Waals surface area (Å²) in [5, 5.41) is 0. The Morgan fingerprint density at radius 2 is 2.31 bits per heavy atom. The number of methoxy groups -OCH3 is 1. The van der Waals surface area contributed by atoms with Crippen molar-refractivity contribution in [3.63, 3.8) is 0 Å². The Bertz CT molecular complexity index is 402. The average molecular weight is 287 g/mol. The molecule has 0 aliphatic carbocycles. The zero-order chi connectivity index (χ0) is 12.0. The number of benzene rings is 1. The Kier molecular flexibility index (Phi) is 5.19. The molecule has 4 heteroatoms. The van der Waals surface area contributed by atoms with Crippen molar-refractivity contribution in [3.8, 4) is 0 Å². The highest BCUT2D eigenvalue weighted by Gasteiger charge is 1.99. The first-order chi connectivity index (χ1) is 7.63. The normalized spacial score (nSPS) is 10.7. The summed E-state index contributed by atoms with van der Waals surface area (Å²) in [6.45, 7) is 0. The van der Waals surface area contributed by atoms with Crippen LogP contribution in [0.3, 0.4) is 0 Å². The molecule has 86 valence electrons. The maximum Gasteiger partial charge on any atom is 0.305 e. The van der Waals surface area contributed by atoms with Gasteiger partial charge < -0.3 is 4.74 Å². The molecule has 0 radical (unpaired) electrons. The summed E-state index contributed by atoms with van der Waals surface area (Å²) >= 11 is 3.18. The molecular formula is C12H12BrFO2. The van der Waals surface area contributed by atoms with Crippen LogP contribution in [0.1, 0.15) is 18.4 Å². The average Bonchev–Trinajstić information content (AvgIpc) is 2.26. The van der Waals surface area contributed by atoms with Crippen LogP contribution < -0.4 is 0 Å². The van der Waals surface area contributed by atoms with E-state index < -0.39 is 0 Å². The van der Waals surface area contributed by atoms with E-state index in [-0.39, 0.29) is 11.8 Å². The van der Waals surface area contributed by atoms with Gasteiger partial charge in [0.25, 0.3) is 0 Å². The van der Waals surface area contributed by atoms with Crippen LogP contribution >= 0.6 is 15.9 Å². The second kappa shape index (κ2) is 6.43. The number of halogens is 2. The SMILES string of the molecule is COC(=O)CC/C=C/c1ccc(Br)cc1F. The molecule has 1 aromatic carbocycles. The van der Waals surface area contributed by atoms with Gasteiger partial charge >= 0.3 is 5.97 Å². The minimum absolute atomic E-state index is 0.263. The molecule has 0 atom stereocenters. The van der Waals surface area contributed by atoms with E-state index in [1.807, 2.05) is 0 Å². The topological polar surface area (TPSA) is 26.3 Å². The van der Waals surface area contributed by atoms with Gasteiger partial charge in [-0.25, -0.2) is 4.39 Å². The fourth-order valence-electron chi connectivity index (χ4n) is 1.15. The zero-order valence-electron chi connectivity index (χ0n) is 8.87. The minimum atomic E-state index is -0.288. The van der Waals surface area contributed by atoms with Crippen LogP contribution in [0.15, 0.2) is 28.7 Å². The van der Waals surface area contributed by atoms with Crippen LogP contribution in [0.5, 0.6) is 0 Å². The van der Waals surface area contributed by atoms with Crippen LogP contribution in [-0.2, 0) is 9.53 Å². The van der Waals surface area contributed by atoms with Crippen molar-refractivity contribution in [2.75, 3.05) is 7.11 Å². The Morgan fingerprint density at radius 1 is 1.56 bits per heavy atom. The molecule has 0 fully saturated rings. The van der Waals surface area contributed by atoms with Crippen LogP contribution in [0, 0.1) is 5.82 Å². The predicted octanol–water partition coefficient (Wildman–Crippen LogP) is 3.55. The number of hydrogen-bond donors (Lipinski definition) is 0. The minimum Gasteiger partial charge on any atom is -0.469 e. The molecule has 0 aromatic heterocycles. The highest BCUT2D eigenvalue weighted by Crippen LogP contribution is 2.16. The molecule has 16 heavy (non-hydrogen) atoms. The molecule has 0 unspecified atom stereocenters. The lowest BCUT2D eigenvalue weighted by atomic mass is 10.2. The summed E-state index contributed by atoms with van der Waals surface area (Å²) in [6, 6.07) is 4.84. The lowest BCUT2D eigenvalue weighted by Crippen LogP contribution is -1.97. The fraction of sp³-hybridized carbons (Fsp3) is 0.250. The third-order valence-corrected chi connectivity index (χ3v) is 2.50. The predicted molar refractivity (Wildman–Crippen MR) is 64.4 cm³/mol. The number of carbonyl (C=O) groups is 1. The summed E-state index contributed by atoms with van der Waals surface area (Å²) in [6.07, 6.45) is 4.27. The number of rotatable bonds is 4. The van der Waals surface area contributed by atoms with Crippen molar-refractivity contribution < 1.29 is 13.9 Å². The highest BCUT2D eigenvalue weighted by molar-refractivity contribution is 9.10. The lowest BCUT2D eigenvalue weighted by molar-refractivity contribution is -0.140. The summed E-state index contributed by atoms with van der Waals surface area (Å²) in [5.41, 5.74) is 0.507. The van der Waals surface area contributed by atoms with Gasteiger partial charge in [0.05, 0.1) is 7.11 Å². The van der Waals surface area contributed by atoms with E-state index >= 15 is 0 Å². The lowest BCUT2D eigenvalue weighted by Gasteiger charge is -1.97. The van der Waals surface area contributed by atoms with Gasteiger partial charge in [-0.15, -0.1) is 0 Å². The van der Waals surface area contributed by atoms with Crippen LogP contribution in [0.25, 0.3) is 6.08 Å². The number of ether oxygens (including phenoxy) is 1. The molecule has 0 spiro atoms. The van der Waals surface area contributed by atoms with Gasteiger partial charge in [-0.2, -0.15) is 0 Å². The van der Waals surface area contributed by atoms with Crippen LogP contribution in [0.4, 0.5) is 4.39 Å². The standard InChI is InChI=1S/C12H12BrFO2/c1-16-12(15)5-3-2-4-9-6-7-10(13)8-11(9)14/h2,4,6-8H,3,5H2,1H3/b4-2+. The smallest absolute Gasteiger partial charge is 0.305 e. The van der Waals surface area contributed by atoms with E-state index in [1.54, 1.807) is 24.3 Å².